The second kappa shape index (κ2) is 5.06. The van der Waals surface area contributed by atoms with Crippen LogP contribution < -0.4 is 5.73 Å². The number of nitrogens with two attached hydrogens (primary N) is 1. The van der Waals surface area contributed by atoms with Gasteiger partial charge in [0.05, 0.1) is 5.56 Å². The zero-order chi connectivity index (χ0) is 12.3. The van der Waals surface area contributed by atoms with Crippen molar-refractivity contribution in [1.29, 1.82) is 0 Å². The quantitative estimate of drug-likeness (QED) is 0.872. The number of halogens is 4. The molecule has 0 aliphatic heterocycles. The summed E-state index contributed by atoms with van der Waals surface area (Å²) >= 11 is 5.64. The lowest BCUT2D eigenvalue weighted by Gasteiger charge is -2.10. The summed E-state index contributed by atoms with van der Waals surface area (Å²) in [7, 11) is 0. The van der Waals surface area contributed by atoms with Gasteiger partial charge in [0, 0.05) is 11.1 Å². The number of benzene rings is 1. The molecule has 16 heavy (non-hydrogen) atoms. The Bertz CT molecular complexity index is 361. The van der Waals surface area contributed by atoms with Crippen LogP contribution >= 0.6 is 11.6 Å². The summed E-state index contributed by atoms with van der Waals surface area (Å²) in [5.74, 6) is 0. The van der Waals surface area contributed by atoms with Crippen molar-refractivity contribution in [2.75, 3.05) is 0 Å². The zero-order valence-electron chi connectivity index (χ0n) is 8.81. The first-order chi connectivity index (χ1) is 7.29. The minimum Gasteiger partial charge on any atom is -0.328 e. The molecule has 1 aromatic rings. The minimum atomic E-state index is -4.35. The van der Waals surface area contributed by atoms with Crippen LogP contribution in [0.1, 0.15) is 24.5 Å². The molecule has 0 radical (unpaired) electrons. The van der Waals surface area contributed by atoms with E-state index in [9.17, 15) is 13.2 Å². The predicted molar refractivity (Wildman–Crippen MR) is 58.4 cm³/mol. The molecule has 0 aromatic heterocycles. The molecule has 0 saturated heterocycles. The number of hydrogen-bond acceptors (Lipinski definition) is 1. The van der Waals surface area contributed by atoms with Gasteiger partial charge >= 0.3 is 6.18 Å². The van der Waals surface area contributed by atoms with E-state index >= 15 is 0 Å². The second-order valence-corrected chi connectivity index (χ2v) is 4.30. The normalized spacial score (nSPS) is 13.9. The third-order valence-corrected chi connectivity index (χ3v) is 2.39. The lowest BCUT2D eigenvalue weighted by Crippen LogP contribution is -2.15. The maximum Gasteiger partial charge on any atom is 0.416 e. The first-order valence-electron chi connectivity index (χ1n) is 4.91. The first-order valence-corrected chi connectivity index (χ1v) is 5.29. The van der Waals surface area contributed by atoms with Gasteiger partial charge in [0.1, 0.15) is 0 Å². The molecular weight excluding hydrogens is 239 g/mol. The Labute approximate surface area is 97.4 Å². The SMILES string of the molecule is CC(N)CCc1cc(Cl)cc(C(F)(F)F)c1. The Hall–Kier alpha value is -0.740. The van der Waals surface area contributed by atoms with Crippen molar-refractivity contribution in [3.8, 4) is 0 Å². The predicted octanol–water partition coefficient (Wildman–Crippen LogP) is 3.64. The van der Waals surface area contributed by atoms with E-state index in [2.05, 4.69) is 0 Å². The van der Waals surface area contributed by atoms with Gasteiger partial charge in [-0.15, -0.1) is 0 Å². The average molecular weight is 252 g/mol. The molecule has 1 aromatic carbocycles. The van der Waals surface area contributed by atoms with Gasteiger partial charge in [-0.3, -0.25) is 0 Å². The van der Waals surface area contributed by atoms with E-state index in [-0.39, 0.29) is 11.1 Å². The molecular formula is C11H13ClF3N. The van der Waals surface area contributed by atoms with Gasteiger partial charge < -0.3 is 5.73 Å². The Morgan fingerprint density at radius 2 is 1.94 bits per heavy atom. The summed E-state index contributed by atoms with van der Waals surface area (Å²) in [5, 5.41) is 0.106. The van der Waals surface area contributed by atoms with Gasteiger partial charge in [-0.1, -0.05) is 11.6 Å². The monoisotopic (exact) mass is 251 g/mol. The van der Waals surface area contributed by atoms with Gasteiger partial charge in [-0.05, 0) is 43.5 Å². The third kappa shape index (κ3) is 4.02. The summed E-state index contributed by atoms with van der Waals surface area (Å²) < 4.78 is 37.4. The Kier molecular flexibility index (Phi) is 4.21. The largest absolute Gasteiger partial charge is 0.416 e. The zero-order valence-corrected chi connectivity index (χ0v) is 9.57. The van der Waals surface area contributed by atoms with Crippen molar-refractivity contribution in [3.05, 3.63) is 34.3 Å². The lowest BCUT2D eigenvalue weighted by molar-refractivity contribution is -0.137. The van der Waals surface area contributed by atoms with Gasteiger partial charge in [0.15, 0.2) is 0 Å². The molecule has 1 nitrogen and oxygen atoms in total. The van der Waals surface area contributed by atoms with Crippen molar-refractivity contribution < 1.29 is 13.2 Å². The standard InChI is InChI=1S/C11H13ClF3N/c1-7(16)2-3-8-4-9(11(13,14)15)6-10(12)5-8/h4-7H,2-3,16H2,1H3. The van der Waals surface area contributed by atoms with Crippen LogP contribution in [0.15, 0.2) is 18.2 Å². The molecule has 0 saturated carbocycles. The highest BCUT2D eigenvalue weighted by molar-refractivity contribution is 6.30. The smallest absolute Gasteiger partial charge is 0.328 e. The number of alkyl halides is 3. The summed E-state index contributed by atoms with van der Waals surface area (Å²) in [6.07, 6.45) is -3.22. The highest BCUT2D eigenvalue weighted by Crippen LogP contribution is 2.32. The van der Waals surface area contributed by atoms with Crippen LogP contribution in [0.25, 0.3) is 0 Å². The molecule has 0 heterocycles. The van der Waals surface area contributed by atoms with E-state index in [0.717, 1.165) is 12.1 Å². The van der Waals surface area contributed by atoms with E-state index in [1.807, 2.05) is 6.92 Å². The molecule has 1 unspecified atom stereocenters. The van der Waals surface area contributed by atoms with E-state index < -0.39 is 11.7 Å². The maximum atomic E-state index is 12.5. The topological polar surface area (TPSA) is 26.0 Å². The van der Waals surface area contributed by atoms with Gasteiger partial charge in [0.2, 0.25) is 0 Å². The molecule has 0 bridgehead atoms. The van der Waals surface area contributed by atoms with Crippen LogP contribution in [-0.2, 0) is 12.6 Å². The van der Waals surface area contributed by atoms with Gasteiger partial charge in [0.25, 0.3) is 0 Å². The molecule has 2 N–H and O–H groups in total. The Morgan fingerprint density at radius 3 is 2.44 bits per heavy atom. The highest BCUT2D eigenvalue weighted by Gasteiger charge is 2.30. The summed E-state index contributed by atoms with van der Waals surface area (Å²) in [5.41, 5.74) is 5.41. The highest BCUT2D eigenvalue weighted by atomic mass is 35.5. The molecule has 5 heteroatoms. The molecule has 0 amide bonds. The number of hydrogen-bond donors (Lipinski definition) is 1. The fourth-order valence-corrected chi connectivity index (χ4v) is 1.61. The van der Waals surface area contributed by atoms with E-state index in [0.29, 0.717) is 18.4 Å². The first kappa shape index (κ1) is 13.3. The molecule has 90 valence electrons. The average Bonchev–Trinajstić information content (AvgIpc) is 2.12. The Morgan fingerprint density at radius 1 is 1.31 bits per heavy atom. The van der Waals surface area contributed by atoms with Crippen LogP contribution in [-0.4, -0.2) is 6.04 Å². The van der Waals surface area contributed by atoms with Crippen LogP contribution in [0.5, 0.6) is 0 Å². The molecule has 0 aliphatic rings. The van der Waals surface area contributed by atoms with Crippen molar-refractivity contribution in [1.82, 2.24) is 0 Å². The van der Waals surface area contributed by atoms with Crippen LogP contribution in [0.2, 0.25) is 5.02 Å². The number of aryl methyl sites for hydroxylation is 1. The fraction of sp³-hybridized carbons (Fsp3) is 0.455. The van der Waals surface area contributed by atoms with Gasteiger partial charge in [-0.25, -0.2) is 0 Å². The molecule has 0 fully saturated rings. The van der Waals surface area contributed by atoms with Gasteiger partial charge in [-0.2, -0.15) is 13.2 Å². The minimum absolute atomic E-state index is 0.0340. The molecule has 0 aliphatic carbocycles. The number of rotatable bonds is 3. The van der Waals surface area contributed by atoms with Crippen molar-refractivity contribution in [3.63, 3.8) is 0 Å². The third-order valence-electron chi connectivity index (χ3n) is 2.17. The van der Waals surface area contributed by atoms with Crippen LogP contribution in [0, 0.1) is 0 Å². The fourth-order valence-electron chi connectivity index (χ4n) is 1.35. The van der Waals surface area contributed by atoms with Crippen molar-refractivity contribution in [2.45, 2.75) is 32.0 Å². The van der Waals surface area contributed by atoms with Crippen LogP contribution in [0.4, 0.5) is 13.2 Å². The second-order valence-electron chi connectivity index (χ2n) is 3.86. The molecule has 1 atom stereocenters. The lowest BCUT2D eigenvalue weighted by atomic mass is 10.0. The summed E-state index contributed by atoms with van der Waals surface area (Å²) in [6.45, 7) is 1.81. The summed E-state index contributed by atoms with van der Waals surface area (Å²) in [4.78, 5) is 0. The molecule has 0 spiro atoms. The van der Waals surface area contributed by atoms with Crippen LogP contribution in [0.3, 0.4) is 0 Å². The van der Waals surface area contributed by atoms with E-state index in [4.69, 9.17) is 17.3 Å². The van der Waals surface area contributed by atoms with E-state index in [1.54, 1.807) is 6.07 Å². The van der Waals surface area contributed by atoms with Crippen molar-refractivity contribution >= 4 is 11.6 Å². The summed E-state index contributed by atoms with van der Waals surface area (Å²) in [6, 6.07) is 3.55. The Balaban J connectivity index is 2.90. The van der Waals surface area contributed by atoms with Crippen molar-refractivity contribution in [2.24, 2.45) is 5.73 Å². The van der Waals surface area contributed by atoms with E-state index in [1.165, 1.54) is 0 Å². The maximum absolute atomic E-state index is 12.5. The molecule has 1 rings (SSSR count).